The molecular weight excluding hydrogens is 816 g/mol. The van der Waals surface area contributed by atoms with Gasteiger partial charge in [0.25, 0.3) is 0 Å². The first-order valence-corrected chi connectivity index (χ1v) is 16.5. The molecule has 2 aromatic heterocycles. The van der Waals surface area contributed by atoms with Crippen LogP contribution in [0.1, 0.15) is 11.1 Å². The van der Waals surface area contributed by atoms with Gasteiger partial charge in [0.1, 0.15) is 16.8 Å². The fourth-order valence-electron chi connectivity index (χ4n) is 7.68. The van der Waals surface area contributed by atoms with Gasteiger partial charge in [0.05, 0.1) is 11.4 Å². The van der Waals surface area contributed by atoms with Crippen LogP contribution in [0, 0.1) is 25.5 Å². The molecule has 7 nitrogen and oxygen atoms in total. The molecule has 8 heteroatoms. The van der Waals surface area contributed by atoms with Crippen LogP contribution >= 0.6 is 0 Å². The minimum atomic E-state index is -1.06. The largest absolute Gasteiger partial charge is 4.00 e. The molecule has 51 heavy (non-hydrogen) atoms. The number of ether oxygens (including phenoxy) is 1. The predicted octanol–water partition coefficient (Wildman–Crippen LogP) is 10.6. The van der Waals surface area contributed by atoms with E-state index in [2.05, 4.69) is 106 Å². The van der Waals surface area contributed by atoms with Crippen LogP contribution in [0.3, 0.4) is 0 Å². The first-order valence-electron chi connectivity index (χ1n) is 16.5. The Bertz CT molecular complexity index is 2400. The summed E-state index contributed by atoms with van der Waals surface area (Å²) in [6, 6.07) is 56.4. The van der Waals surface area contributed by atoms with Gasteiger partial charge in [0.15, 0.2) is 11.8 Å². The molecule has 0 spiro atoms. The topological polar surface area (TPSA) is 48.5 Å². The van der Waals surface area contributed by atoms with E-state index in [0.29, 0.717) is 23.3 Å². The quantitative estimate of drug-likeness (QED) is 0.161. The van der Waals surface area contributed by atoms with Crippen LogP contribution in [0.5, 0.6) is 11.5 Å². The average molecular weight is 842 g/mol. The minimum absolute atomic E-state index is 0. The second kappa shape index (κ2) is 11.3. The summed E-state index contributed by atoms with van der Waals surface area (Å²) in [5.41, 5.74) is 5.94. The predicted molar refractivity (Wildman–Crippen MR) is 195 cm³/mol. The molecule has 0 atom stereocenters. The van der Waals surface area contributed by atoms with Crippen LogP contribution in [0.25, 0.3) is 21.9 Å². The van der Waals surface area contributed by atoms with Gasteiger partial charge in [0.2, 0.25) is 0 Å². The molecule has 0 amide bonds. The molecule has 6 aromatic carbocycles. The van der Waals surface area contributed by atoms with E-state index in [1.54, 1.807) is 0 Å². The first-order chi connectivity index (χ1) is 24.8. The molecule has 3 aliphatic rings. The zero-order valence-electron chi connectivity index (χ0n) is 26.8. The van der Waals surface area contributed by atoms with Crippen molar-refractivity contribution in [3.05, 3.63) is 182 Å². The molecular formula is C43H26N4O3Pt. The van der Waals surface area contributed by atoms with E-state index in [4.69, 9.17) is 13.6 Å². The monoisotopic (exact) mass is 841 g/mol. The third kappa shape index (κ3) is 4.22. The Balaban J connectivity index is 0.00000327. The fourth-order valence-corrected chi connectivity index (χ4v) is 7.68. The SMILES string of the molecule is [Pt+4].[c-]1c2cccc1N1[CH-]N(c3oc4ccccc4c31)C(c1ccccc1)(c1ccccc1)N1[CH-]N(c3[c-]c(ccc3)O2)c2c1oc1ccccc21. The number of para-hydroxylation sites is 2. The Morgan fingerprint density at radius 3 is 1.37 bits per heavy atom. The summed E-state index contributed by atoms with van der Waals surface area (Å²) in [6.07, 6.45) is 0. The Hall–Kier alpha value is -5.91. The number of furan rings is 2. The molecule has 0 radical (unpaired) electrons. The third-order valence-electron chi connectivity index (χ3n) is 9.78. The van der Waals surface area contributed by atoms with Crippen molar-refractivity contribution >= 4 is 56.5 Å². The van der Waals surface area contributed by atoms with Crippen molar-refractivity contribution in [3.8, 4) is 11.5 Å². The molecule has 5 heterocycles. The first kappa shape index (κ1) is 30.0. The average Bonchev–Trinajstić information content (AvgIpc) is 3.93. The molecule has 0 aliphatic carbocycles. The van der Waals surface area contributed by atoms with Gasteiger partial charge >= 0.3 is 21.1 Å². The fraction of sp³-hybridized carbons (Fsp3) is 0.0233. The number of benzene rings is 6. The Morgan fingerprint density at radius 2 is 0.902 bits per heavy atom. The van der Waals surface area contributed by atoms with Crippen LogP contribution in [-0.4, -0.2) is 0 Å². The van der Waals surface area contributed by atoms with Gasteiger partial charge in [-0.3, -0.25) is 0 Å². The molecule has 0 saturated heterocycles. The summed E-state index contributed by atoms with van der Waals surface area (Å²) in [7, 11) is 0. The van der Waals surface area contributed by atoms with E-state index in [9.17, 15) is 0 Å². The van der Waals surface area contributed by atoms with Crippen LogP contribution in [-0.2, 0) is 26.7 Å². The number of anilines is 6. The van der Waals surface area contributed by atoms with Crippen LogP contribution < -0.4 is 24.3 Å². The van der Waals surface area contributed by atoms with E-state index in [-0.39, 0.29) is 21.1 Å². The number of hydrogen-bond acceptors (Lipinski definition) is 7. The van der Waals surface area contributed by atoms with E-state index in [1.165, 1.54) is 0 Å². The minimum Gasteiger partial charge on any atom is -0.509 e. The van der Waals surface area contributed by atoms with Gasteiger partial charge in [-0.15, -0.1) is 61.1 Å². The number of nitrogens with zero attached hydrogens (tertiary/aromatic N) is 4. The molecule has 3 aliphatic heterocycles. The molecule has 0 N–H and O–H groups in total. The van der Waals surface area contributed by atoms with Crippen molar-refractivity contribution in [2.45, 2.75) is 5.66 Å². The van der Waals surface area contributed by atoms with Crippen LogP contribution in [0.4, 0.5) is 34.5 Å². The van der Waals surface area contributed by atoms with E-state index >= 15 is 0 Å². The van der Waals surface area contributed by atoms with E-state index < -0.39 is 5.66 Å². The summed E-state index contributed by atoms with van der Waals surface area (Å²) in [6.45, 7) is 4.23. The smallest absolute Gasteiger partial charge is 0.509 e. The standard InChI is InChI=1S/C43H26N4O3.Pt/c1-3-13-29(14-4-1)43(30-15-5-2-6-16-30)46-27-44(39-35-21-7-9-23-37(35)49-41(39)46)31-17-11-19-33(25-31)48-34-20-12-18-32(26-34)45-28-47(43)42-40(45)36-22-8-10-24-38(36)50-42;/h1-24,27-28H;/q-4;+4. The number of rotatable bonds is 2. The molecule has 8 bridgehead atoms. The number of hydrogen-bond donors (Lipinski definition) is 0. The maximum absolute atomic E-state index is 6.91. The van der Waals surface area contributed by atoms with Crippen LogP contribution in [0.15, 0.2) is 154 Å². The maximum Gasteiger partial charge on any atom is 4.00 e. The zero-order chi connectivity index (χ0) is 32.8. The summed E-state index contributed by atoms with van der Waals surface area (Å²) in [5, 5.41) is 1.97. The maximum atomic E-state index is 6.91. The summed E-state index contributed by atoms with van der Waals surface area (Å²) in [5.74, 6) is 2.52. The van der Waals surface area contributed by atoms with Crippen molar-refractivity contribution in [1.82, 2.24) is 0 Å². The van der Waals surface area contributed by atoms with Gasteiger partial charge in [0, 0.05) is 22.3 Å². The van der Waals surface area contributed by atoms with Crippen molar-refractivity contribution in [2.24, 2.45) is 0 Å². The van der Waals surface area contributed by atoms with Gasteiger partial charge in [-0.05, 0) is 35.4 Å². The summed E-state index contributed by atoms with van der Waals surface area (Å²) >= 11 is 0. The Labute approximate surface area is 308 Å². The molecule has 8 aromatic rings. The van der Waals surface area contributed by atoms with Crippen molar-refractivity contribution in [3.63, 3.8) is 0 Å². The molecule has 0 fully saturated rings. The Morgan fingerprint density at radius 1 is 0.471 bits per heavy atom. The van der Waals surface area contributed by atoms with E-state index in [1.807, 2.05) is 84.9 Å². The van der Waals surface area contributed by atoms with E-state index in [0.717, 1.165) is 55.8 Å². The molecule has 0 saturated carbocycles. The van der Waals surface area contributed by atoms with Gasteiger partial charge < -0.3 is 33.2 Å². The second-order valence-corrected chi connectivity index (χ2v) is 12.5. The molecule has 11 rings (SSSR count). The van der Waals surface area contributed by atoms with Gasteiger partial charge in [-0.25, -0.2) is 0 Å². The number of fused-ring (bicyclic) bond motifs is 20. The Kier molecular flexibility index (Phi) is 6.64. The summed E-state index contributed by atoms with van der Waals surface area (Å²) < 4.78 is 20.3. The third-order valence-corrected chi connectivity index (χ3v) is 9.78. The molecule has 246 valence electrons. The zero-order valence-corrected chi connectivity index (χ0v) is 29.1. The van der Waals surface area contributed by atoms with Crippen molar-refractivity contribution in [1.29, 1.82) is 0 Å². The van der Waals surface area contributed by atoms with Gasteiger partial charge in [-0.1, -0.05) is 84.9 Å². The van der Waals surface area contributed by atoms with Gasteiger partial charge in [-0.2, -0.15) is 12.1 Å². The second-order valence-electron chi connectivity index (χ2n) is 12.5. The molecule has 0 unspecified atom stereocenters. The van der Waals surface area contributed by atoms with Crippen LogP contribution in [0.2, 0.25) is 0 Å². The summed E-state index contributed by atoms with van der Waals surface area (Å²) in [4.78, 5) is 8.76. The normalized spacial score (nSPS) is 15.3. The van der Waals surface area contributed by atoms with Crippen molar-refractivity contribution in [2.75, 3.05) is 19.6 Å². The van der Waals surface area contributed by atoms with Crippen molar-refractivity contribution < 1.29 is 34.6 Å².